The van der Waals surface area contributed by atoms with Gasteiger partial charge >= 0.3 is 0 Å². The van der Waals surface area contributed by atoms with E-state index in [9.17, 15) is 18.4 Å². The maximum atomic E-state index is 14.2. The van der Waals surface area contributed by atoms with Crippen LogP contribution in [0.5, 0.6) is 5.75 Å². The number of carbonyl (C=O) groups excluding carboxylic acids is 2. The van der Waals surface area contributed by atoms with Gasteiger partial charge in [-0.2, -0.15) is 0 Å². The number of piperazine rings is 1. The molecule has 44 heavy (non-hydrogen) atoms. The normalized spacial score (nSPS) is 16.0. The molecule has 1 atom stereocenters. The van der Waals surface area contributed by atoms with Crippen molar-refractivity contribution in [1.82, 2.24) is 9.80 Å². The van der Waals surface area contributed by atoms with Crippen LogP contribution in [-0.2, 0) is 22.7 Å². The lowest BCUT2D eigenvalue weighted by atomic mass is 9.98. The van der Waals surface area contributed by atoms with Gasteiger partial charge in [0.2, 0.25) is 0 Å². The Morgan fingerprint density at radius 2 is 1.61 bits per heavy atom. The van der Waals surface area contributed by atoms with Crippen LogP contribution >= 0.6 is 0 Å². The van der Waals surface area contributed by atoms with Crippen LogP contribution in [0.25, 0.3) is 0 Å². The molecule has 0 unspecified atom stereocenters. The number of rotatable bonds is 13. The van der Waals surface area contributed by atoms with E-state index in [1.165, 1.54) is 23.1 Å². The number of ether oxygens (including phenoxy) is 3. The fraction of sp³-hybridized carbons (Fsp3) is 0.412. The number of carbonyl (C=O) groups is 2. The molecule has 1 fully saturated rings. The van der Waals surface area contributed by atoms with E-state index >= 15 is 0 Å². The third-order valence-corrected chi connectivity index (χ3v) is 8.47. The van der Waals surface area contributed by atoms with Crippen LogP contribution in [0.15, 0.2) is 54.6 Å². The zero-order chi connectivity index (χ0) is 31.2. The molecule has 2 heterocycles. The summed E-state index contributed by atoms with van der Waals surface area (Å²) in [5.41, 5.74) is 3.04. The summed E-state index contributed by atoms with van der Waals surface area (Å²) in [6.45, 7) is 6.73. The fourth-order valence-electron chi connectivity index (χ4n) is 6.05. The van der Waals surface area contributed by atoms with Gasteiger partial charge in [-0.25, -0.2) is 8.78 Å². The molecule has 0 aromatic heterocycles. The highest BCUT2D eigenvalue weighted by Gasteiger charge is 2.43. The number of halogens is 2. The molecule has 5 rings (SSSR count). The van der Waals surface area contributed by atoms with E-state index in [2.05, 4.69) is 16.7 Å². The summed E-state index contributed by atoms with van der Waals surface area (Å²) in [5.74, 6) is -1.42. The van der Waals surface area contributed by atoms with E-state index in [0.29, 0.717) is 36.3 Å². The van der Waals surface area contributed by atoms with Crippen molar-refractivity contribution >= 4 is 17.5 Å². The van der Waals surface area contributed by atoms with Crippen LogP contribution in [0.4, 0.5) is 14.5 Å². The largest absolute Gasteiger partial charge is 0.496 e. The predicted octanol–water partition coefficient (Wildman–Crippen LogP) is 5.60. The van der Waals surface area contributed by atoms with Crippen LogP contribution in [0.1, 0.15) is 63.2 Å². The van der Waals surface area contributed by atoms with Crippen molar-refractivity contribution in [1.29, 1.82) is 0 Å². The molecular weight excluding hydrogens is 568 g/mol. The number of anilines is 1. The minimum absolute atomic E-state index is 0.129. The molecule has 0 bridgehead atoms. The minimum Gasteiger partial charge on any atom is -0.496 e. The third-order valence-electron chi connectivity index (χ3n) is 8.47. The number of imide groups is 1. The molecule has 0 N–H and O–H groups in total. The van der Waals surface area contributed by atoms with Crippen LogP contribution in [0.2, 0.25) is 0 Å². The number of nitrogens with zero attached hydrogens (tertiary/aromatic N) is 3. The Morgan fingerprint density at radius 1 is 0.886 bits per heavy atom. The van der Waals surface area contributed by atoms with Crippen LogP contribution < -0.4 is 9.64 Å². The number of amides is 2. The van der Waals surface area contributed by atoms with E-state index < -0.39 is 17.7 Å². The fourth-order valence-corrected chi connectivity index (χ4v) is 6.05. The van der Waals surface area contributed by atoms with Crippen molar-refractivity contribution in [2.45, 2.75) is 39.0 Å². The molecule has 2 amide bonds. The minimum atomic E-state index is -0.663. The van der Waals surface area contributed by atoms with E-state index in [-0.39, 0.29) is 30.6 Å². The van der Waals surface area contributed by atoms with Crippen molar-refractivity contribution in [3.8, 4) is 5.75 Å². The highest BCUT2D eigenvalue weighted by atomic mass is 19.1. The Labute approximate surface area is 257 Å². The van der Waals surface area contributed by atoms with E-state index in [1.54, 1.807) is 20.3 Å². The highest BCUT2D eigenvalue weighted by molar-refractivity contribution is 6.24. The van der Waals surface area contributed by atoms with E-state index in [0.717, 1.165) is 49.5 Å². The molecule has 8 nitrogen and oxygen atoms in total. The first kappa shape index (κ1) is 31.6. The van der Waals surface area contributed by atoms with Crippen molar-refractivity contribution in [2.75, 3.05) is 58.5 Å². The number of methoxy groups -OCH3 is 2. The molecule has 3 aromatic carbocycles. The summed E-state index contributed by atoms with van der Waals surface area (Å²) in [7, 11) is 3.16. The number of hydrogen-bond acceptors (Lipinski definition) is 7. The first-order valence-electron chi connectivity index (χ1n) is 15.0. The standard InChI is InChI=1S/C34H39F2N3O5/c1-4-37-15-17-38(18-16-37)30-11-5-8-25-32(30)34(41)39(33(25)40)29(23-13-14-24(21-42-2)31(20-23)43-3)12-7-19-44-22-26-27(35)9-6-10-28(26)36/h5-6,8-11,13-14,20,29H,4,7,12,15-19,21-22H2,1-3H3/t29-/m1/s1. The summed E-state index contributed by atoms with van der Waals surface area (Å²) < 4.78 is 44.7. The Morgan fingerprint density at radius 3 is 2.30 bits per heavy atom. The first-order chi connectivity index (χ1) is 21.4. The second-order valence-electron chi connectivity index (χ2n) is 11.0. The lowest BCUT2D eigenvalue weighted by Gasteiger charge is -2.36. The highest BCUT2D eigenvalue weighted by Crippen LogP contribution is 2.39. The number of hydrogen-bond donors (Lipinski definition) is 0. The Hall–Kier alpha value is -3.86. The van der Waals surface area contributed by atoms with Crippen LogP contribution in [0, 0.1) is 11.6 Å². The molecular formula is C34H39F2N3O5. The van der Waals surface area contributed by atoms with Gasteiger partial charge in [0.15, 0.2) is 0 Å². The second-order valence-corrected chi connectivity index (χ2v) is 11.0. The van der Waals surface area contributed by atoms with Crippen molar-refractivity contribution < 1.29 is 32.6 Å². The molecule has 3 aromatic rings. The van der Waals surface area contributed by atoms with Gasteiger partial charge in [0.05, 0.1) is 43.2 Å². The van der Waals surface area contributed by atoms with Crippen LogP contribution in [-0.4, -0.2) is 75.2 Å². The number of fused-ring (bicyclic) bond motifs is 1. The Balaban J connectivity index is 1.40. The monoisotopic (exact) mass is 607 g/mol. The Bertz CT molecular complexity index is 1470. The summed E-state index contributed by atoms with van der Waals surface area (Å²) in [5, 5.41) is 0. The molecule has 2 aliphatic rings. The molecule has 234 valence electrons. The maximum Gasteiger partial charge on any atom is 0.264 e. The molecule has 1 saturated heterocycles. The molecule has 0 radical (unpaired) electrons. The van der Waals surface area contributed by atoms with Gasteiger partial charge in [0, 0.05) is 51.0 Å². The summed E-state index contributed by atoms with van der Waals surface area (Å²) in [4.78, 5) is 34.0. The van der Waals surface area contributed by atoms with Gasteiger partial charge in [-0.1, -0.05) is 31.2 Å². The number of likely N-dealkylation sites (N-methyl/N-ethyl adjacent to an activating group) is 1. The molecule has 2 aliphatic heterocycles. The van der Waals surface area contributed by atoms with Crippen molar-refractivity contribution in [2.24, 2.45) is 0 Å². The smallest absolute Gasteiger partial charge is 0.264 e. The average molecular weight is 608 g/mol. The van der Waals surface area contributed by atoms with Crippen molar-refractivity contribution in [3.05, 3.63) is 94.0 Å². The van der Waals surface area contributed by atoms with Crippen molar-refractivity contribution in [3.63, 3.8) is 0 Å². The quantitative estimate of drug-likeness (QED) is 0.185. The molecule has 0 spiro atoms. The number of benzene rings is 3. The molecule has 10 heteroatoms. The SMILES string of the molecule is CCN1CCN(c2cccc3c2C(=O)N([C@H](CCCOCc2c(F)cccc2F)c2ccc(COC)c(OC)c2)C3=O)CC1. The summed E-state index contributed by atoms with van der Waals surface area (Å²) in [6, 6.07) is 14.1. The van der Waals surface area contributed by atoms with Gasteiger partial charge in [-0.15, -0.1) is 0 Å². The van der Waals surface area contributed by atoms with Gasteiger partial charge in [-0.3, -0.25) is 14.5 Å². The van der Waals surface area contributed by atoms with Crippen LogP contribution in [0.3, 0.4) is 0 Å². The Kier molecular flexibility index (Phi) is 10.2. The summed E-state index contributed by atoms with van der Waals surface area (Å²) in [6.07, 6.45) is 0.810. The summed E-state index contributed by atoms with van der Waals surface area (Å²) >= 11 is 0. The predicted molar refractivity (Wildman–Crippen MR) is 163 cm³/mol. The van der Waals surface area contributed by atoms with Gasteiger partial charge in [-0.05, 0) is 55.3 Å². The zero-order valence-electron chi connectivity index (χ0n) is 25.5. The van der Waals surface area contributed by atoms with E-state index in [4.69, 9.17) is 14.2 Å². The first-order valence-corrected chi connectivity index (χ1v) is 15.0. The van der Waals surface area contributed by atoms with E-state index in [1.807, 2.05) is 30.3 Å². The topological polar surface area (TPSA) is 71.6 Å². The lowest BCUT2D eigenvalue weighted by Crippen LogP contribution is -2.46. The molecule has 0 aliphatic carbocycles. The second kappa shape index (κ2) is 14.3. The third kappa shape index (κ3) is 6.47. The average Bonchev–Trinajstić information content (AvgIpc) is 3.29. The molecule has 0 saturated carbocycles. The van der Waals surface area contributed by atoms with Gasteiger partial charge in [0.25, 0.3) is 11.8 Å². The lowest BCUT2D eigenvalue weighted by molar-refractivity contribution is 0.0550. The van der Waals surface area contributed by atoms with Gasteiger partial charge in [0.1, 0.15) is 17.4 Å². The zero-order valence-corrected chi connectivity index (χ0v) is 25.5. The van der Waals surface area contributed by atoms with Gasteiger partial charge < -0.3 is 24.0 Å². The maximum absolute atomic E-state index is 14.2.